The van der Waals surface area contributed by atoms with Crippen LogP contribution < -0.4 is 0 Å². The summed E-state index contributed by atoms with van der Waals surface area (Å²) in [7, 11) is 1.88. The molecule has 1 aromatic rings. The van der Waals surface area contributed by atoms with Crippen molar-refractivity contribution in [3.05, 3.63) is 16.6 Å². The van der Waals surface area contributed by atoms with Crippen LogP contribution in [0, 0.1) is 5.92 Å². The highest BCUT2D eigenvalue weighted by Crippen LogP contribution is 2.12. The number of aromatic nitrogens is 1. The standard InChI is InChI=1S/C12H20N2OS/c1-4-10(5-2)12(15)14(3)8-6-11-13-7-9-16-11/h7,9-10H,4-6,8H2,1-3H3. The number of likely N-dealkylation sites (N-methyl/N-ethyl adjacent to an activating group) is 1. The predicted octanol–water partition coefficient (Wildman–Crippen LogP) is 2.58. The molecule has 0 N–H and O–H groups in total. The topological polar surface area (TPSA) is 33.2 Å². The summed E-state index contributed by atoms with van der Waals surface area (Å²) in [6.07, 6.45) is 4.52. The molecule has 0 saturated carbocycles. The Bertz CT molecular complexity index is 307. The molecular weight excluding hydrogens is 220 g/mol. The lowest BCUT2D eigenvalue weighted by Gasteiger charge is -2.21. The van der Waals surface area contributed by atoms with Gasteiger partial charge in [-0.3, -0.25) is 4.79 Å². The quantitative estimate of drug-likeness (QED) is 0.765. The Balaban J connectivity index is 2.39. The van der Waals surface area contributed by atoms with Gasteiger partial charge in [0.2, 0.25) is 5.91 Å². The van der Waals surface area contributed by atoms with Crippen molar-refractivity contribution >= 4 is 17.2 Å². The number of carbonyl (C=O) groups excluding carboxylic acids is 1. The van der Waals surface area contributed by atoms with Crippen molar-refractivity contribution in [1.29, 1.82) is 0 Å². The molecule has 1 heterocycles. The molecule has 0 aliphatic heterocycles. The van der Waals surface area contributed by atoms with Crippen LogP contribution in [0.4, 0.5) is 0 Å². The molecule has 1 aromatic heterocycles. The molecule has 0 radical (unpaired) electrons. The van der Waals surface area contributed by atoms with Gasteiger partial charge in [0, 0.05) is 37.5 Å². The van der Waals surface area contributed by atoms with Crippen LogP contribution in [0.1, 0.15) is 31.7 Å². The molecular formula is C12H20N2OS. The summed E-state index contributed by atoms with van der Waals surface area (Å²) in [6.45, 7) is 4.91. The van der Waals surface area contributed by atoms with Gasteiger partial charge in [-0.1, -0.05) is 13.8 Å². The van der Waals surface area contributed by atoms with Gasteiger partial charge < -0.3 is 4.90 Å². The molecule has 0 unspecified atom stereocenters. The lowest BCUT2D eigenvalue weighted by atomic mass is 10.0. The molecule has 3 nitrogen and oxygen atoms in total. The van der Waals surface area contributed by atoms with Crippen LogP contribution in [0.15, 0.2) is 11.6 Å². The van der Waals surface area contributed by atoms with E-state index in [2.05, 4.69) is 18.8 Å². The second kappa shape index (κ2) is 6.63. The Morgan fingerprint density at radius 3 is 2.69 bits per heavy atom. The molecule has 0 aliphatic carbocycles. The number of thiazole rings is 1. The largest absolute Gasteiger partial charge is 0.345 e. The monoisotopic (exact) mass is 240 g/mol. The molecule has 16 heavy (non-hydrogen) atoms. The van der Waals surface area contributed by atoms with Crippen molar-refractivity contribution in [3.8, 4) is 0 Å². The van der Waals surface area contributed by atoms with E-state index >= 15 is 0 Å². The van der Waals surface area contributed by atoms with Gasteiger partial charge in [0.25, 0.3) is 0 Å². The predicted molar refractivity (Wildman–Crippen MR) is 67.5 cm³/mol. The maximum atomic E-state index is 12.0. The molecule has 0 bridgehead atoms. The maximum Gasteiger partial charge on any atom is 0.225 e. The first-order chi connectivity index (χ1) is 7.69. The highest BCUT2D eigenvalue weighted by molar-refractivity contribution is 7.09. The fraction of sp³-hybridized carbons (Fsp3) is 0.667. The van der Waals surface area contributed by atoms with Gasteiger partial charge in [-0.05, 0) is 12.8 Å². The van der Waals surface area contributed by atoms with Crippen LogP contribution in [0.5, 0.6) is 0 Å². The molecule has 90 valence electrons. The fourth-order valence-electron chi connectivity index (χ4n) is 1.70. The maximum absolute atomic E-state index is 12.0. The van der Waals surface area contributed by atoms with Gasteiger partial charge in [0.15, 0.2) is 0 Å². The Kier molecular flexibility index (Phi) is 5.46. The Morgan fingerprint density at radius 2 is 2.19 bits per heavy atom. The minimum absolute atomic E-state index is 0.182. The first-order valence-corrected chi connectivity index (χ1v) is 6.70. The molecule has 1 rings (SSSR count). The van der Waals surface area contributed by atoms with Gasteiger partial charge in [-0.25, -0.2) is 4.98 Å². The molecule has 0 spiro atoms. The number of nitrogens with zero attached hydrogens (tertiary/aromatic N) is 2. The van der Waals surface area contributed by atoms with Crippen LogP contribution >= 0.6 is 11.3 Å². The lowest BCUT2D eigenvalue weighted by molar-refractivity contribution is -0.134. The average Bonchev–Trinajstić information content (AvgIpc) is 2.80. The Morgan fingerprint density at radius 1 is 1.50 bits per heavy atom. The van der Waals surface area contributed by atoms with E-state index in [0.717, 1.165) is 30.8 Å². The number of rotatable bonds is 6. The SMILES string of the molecule is CCC(CC)C(=O)N(C)CCc1nccs1. The fourth-order valence-corrected chi connectivity index (χ4v) is 2.31. The van der Waals surface area contributed by atoms with Crippen LogP contribution in [-0.4, -0.2) is 29.4 Å². The zero-order valence-corrected chi connectivity index (χ0v) is 11.1. The molecule has 0 atom stereocenters. The third-order valence-corrected chi connectivity index (χ3v) is 3.70. The minimum atomic E-state index is 0.182. The minimum Gasteiger partial charge on any atom is -0.345 e. The molecule has 0 fully saturated rings. The van der Waals surface area contributed by atoms with Crippen LogP contribution in [0.25, 0.3) is 0 Å². The van der Waals surface area contributed by atoms with Gasteiger partial charge in [0.05, 0.1) is 5.01 Å². The first kappa shape index (κ1) is 13.2. The van der Waals surface area contributed by atoms with Gasteiger partial charge >= 0.3 is 0 Å². The van der Waals surface area contributed by atoms with Gasteiger partial charge in [0.1, 0.15) is 0 Å². The third kappa shape index (κ3) is 3.59. The van der Waals surface area contributed by atoms with Crippen LogP contribution in [-0.2, 0) is 11.2 Å². The van der Waals surface area contributed by atoms with Crippen LogP contribution in [0.3, 0.4) is 0 Å². The lowest BCUT2D eigenvalue weighted by Crippen LogP contribution is -2.34. The second-order valence-corrected chi connectivity index (χ2v) is 4.93. The smallest absolute Gasteiger partial charge is 0.225 e. The van der Waals surface area contributed by atoms with E-state index < -0.39 is 0 Å². The number of amides is 1. The summed E-state index contributed by atoms with van der Waals surface area (Å²) < 4.78 is 0. The van der Waals surface area contributed by atoms with Gasteiger partial charge in [-0.15, -0.1) is 11.3 Å². The summed E-state index contributed by atoms with van der Waals surface area (Å²) >= 11 is 1.65. The van der Waals surface area contributed by atoms with E-state index in [0.29, 0.717) is 0 Å². The average molecular weight is 240 g/mol. The van der Waals surface area contributed by atoms with Gasteiger partial charge in [-0.2, -0.15) is 0 Å². The molecule has 0 aromatic carbocycles. The van der Waals surface area contributed by atoms with Crippen molar-refractivity contribution < 1.29 is 4.79 Å². The third-order valence-electron chi connectivity index (χ3n) is 2.86. The molecule has 1 amide bonds. The summed E-state index contributed by atoms with van der Waals surface area (Å²) in [5.74, 6) is 0.447. The van der Waals surface area contributed by atoms with E-state index in [1.165, 1.54) is 0 Å². The van der Waals surface area contributed by atoms with Crippen molar-refractivity contribution in [1.82, 2.24) is 9.88 Å². The summed E-state index contributed by atoms with van der Waals surface area (Å²) in [5, 5.41) is 3.07. The van der Waals surface area contributed by atoms with Crippen molar-refractivity contribution in [2.45, 2.75) is 33.1 Å². The Hall–Kier alpha value is -0.900. The van der Waals surface area contributed by atoms with Crippen molar-refractivity contribution in [3.63, 3.8) is 0 Å². The van der Waals surface area contributed by atoms with E-state index in [-0.39, 0.29) is 11.8 Å². The number of hydrogen-bond donors (Lipinski definition) is 0. The summed E-state index contributed by atoms with van der Waals surface area (Å²) in [5.41, 5.74) is 0. The van der Waals surface area contributed by atoms with E-state index in [4.69, 9.17) is 0 Å². The zero-order chi connectivity index (χ0) is 12.0. The molecule has 4 heteroatoms. The van der Waals surface area contributed by atoms with E-state index in [1.807, 2.05) is 23.5 Å². The second-order valence-electron chi connectivity index (χ2n) is 3.95. The molecule has 0 saturated heterocycles. The molecule has 0 aliphatic rings. The highest BCUT2D eigenvalue weighted by atomic mass is 32.1. The van der Waals surface area contributed by atoms with Crippen molar-refractivity contribution in [2.24, 2.45) is 5.92 Å². The number of hydrogen-bond acceptors (Lipinski definition) is 3. The van der Waals surface area contributed by atoms with E-state index in [9.17, 15) is 4.79 Å². The Labute approximate surface area is 101 Å². The summed E-state index contributed by atoms with van der Waals surface area (Å²) in [4.78, 5) is 18.0. The first-order valence-electron chi connectivity index (χ1n) is 5.82. The van der Waals surface area contributed by atoms with Crippen molar-refractivity contribution in [2.75, 3.05) is 13.6 Å². The summed E-state index contributed by atoms with van der Waals surface area (Å²) in [6, 6.07) is 0. The normalized spacial score (nSPS) is 10.8. The zero-order valence-electron chi connectivity index (χ0n) is 10.3. The highest BCUT2D eigenvalue weighted by Gasteiger charge is 2.18. The number of carbonyl (C=O) groups is 1. The van der Waals surface area contributed by atoms with E-state index in [1.54, 1.807) is 11.3 Å². The van der Waals surface area contributed by atoms with Crippen LogP contribution in [0.2, 0.25) is 0 Å².